The highest BCUT2D eigenvalue weighted by atomic mass is 16.1. The normalized spacial score (nSPS) is 10.0. The zero-order valence-corrected chi connectivity index (χ0v) is 7.87. The van der Waals surface area contributed by atoms with E-state index in [4.69, 9.17) is 0 Å². The van der Waals surface area contributed by atoms with Crippen LogP contribution in [0.4, 0.5) is 0 Å². The molecular formula is C8H14N4O. The molecule has 1 amide bonds. The molecule has 0 aliphatic carbocycles. The molecule has 0 spiro atoms. The molecule has 0 atom stereocenters. The number of likely N-dealkylation sites (N-methyl/N-ethyl adjacent to an activating group) is 1. The average molecular weight is 182 g/mol. The standard InChI is InChI=1S/C8H14N4O/c1-9-3-7-4-12(6-11-7)5-8(13)10-2/h4,6,9H,3,5H2,1-2H3,(H,10,13). The molecule has 0 bridgehead atoms. The number of amides is 1. The number of carbonyl (C=O) groups is 1. The molecule has 0 saturated carbocycles. The molecule has 1 aromatic heterocycles. The number of aromatic nitrogens is 2. The number of nitrogens with zero attached hydrogens (tertiary/aromatic N) is 2. The van der Waals surface area contributed by atoms with E-state index in [0.717, 1.165) is 12.2 Å². The Morgan fingerprint density at radius 1 is 1.62 bits per heavy atom. The van der Waals surface area contributed by atoms with Gasteiger partial charge in [0.05, 0.1) is 12.0 Å². The fourth-order valence-corrected chi connectivity index (χ4v) is 1.01. The molecule has 0 aromatic carbocycles. The van der Waals surface area contributed by atoms with Crippen molar-refractivity contribution in [3.8, 4) is 0 Å². The smallest absolute Gasteiger partial charge is 0.239 e. The first-order valence-corrected chi connectivity index (χ1v) is 4.12. The van der Waals surface area contributed by atoms with E-state index < -0.39 is 0 Å². The van der Waals surface area contributed by atoms with Gasteiger partial charge in [0.25, 0.3) is 0 Å². The molecule has 5 heteroatoms. The zero-order chi connectivity index (χ0) is 9.68. The second-order valence-corrected chi connectivity index (χ2v) is 2.74. The van der Waals surface area contributed by atoms with Gasteiger partial charge in [-0.15, -0.1) is 0 Å². The molecule has 1 rings (SSSR count). The number of rotatable bonds is 4. The summed E-state index contributed by atoms with van der Waals surface area (Å²) in [5.41, 5.74) is 0.936. The number of imidazole rings is 1. The number of carbonyl (C=O) groups excluding carboxylic acids is 1. The van der Waals surface area contributed by atoms with E-state index in [9.17, 15) is 4.79 Å². The van der Waals surface area contributed by atoms with Crippen molar-refractivity contribution in [1.82, 2.24) is 20.2 Å². The van der Waals surface area contributed by atoms with Gasteiger partial charge >= 0.3 is 0 Å². The van der Waals surface area contributed by atoms with Gasteiger partial charge in [-0.1, -0.05) is 0 Å². The molecular weight excluding hydrogens is 168 g/mol. The maximum absolute atomic E-state index is 11.0. The highest BCUT2D eigenvalue weighted by molar-refractivity contribution is 5.75. The summed E-state index contributed by atoms with van der Waals surface area (Å²) < 4.78 is 1.76. The van der Waals surface area contributed by atoms with Crippen LogP contribution in [0.5, 0.6) is 0 Å². The van der Waals surface area contributed by atoms with Gasteiger partial charge in [-0.3, -0.25) is 4.79 Å². The molecule has 1 heterocycles. The lowest BCUT2D eigenvalue weighted by Crippen LogP contribution is -2.22. The van der Waals surface area contributed by atoms with E-state index >= 15 is 0 Å². The van der Waals surface area contributed by atoms with Crippen LogP contribution in [0.3, 0.4) is 0 Å². The molecule has 1 aromatic rings. The minimum absolute atomic E-state index is 0.0200. The van der Waals surface area contributed by atoms with Crippen molar-refractivity contribution in [3.05, 3.63) is 18.2 Å². The second kappa shape index (κ2) is 4.61. The van der Waals surface area contributed by atoms with Crippen molar-refractivity contribution in [3.63, 3.8) is 0 Å². The molecule has 5 nitrogen and oxygen atoms in total. The summed E-state index contributed by atoms with van der Waals surface area (Å²) in [6.07, 6.45) is 3.51. The number of hydrogen-bond donors (Lipinski definition) is 2. The largest absolute Gasteiger partial charge is 0.358 e. The molecule has 72 valence electrons. The van der Waals surface area contributed by atoms with E-state index in [0.29, 0.717) is 6.54 Å². The Morgan fingerprint density at radius 2 is 2.38 bits per heavy atom. The maximum atomic E-state index is 11.0. The van der Waals surface area contributed by atoms with Crippen LogP contribution in [-0.4, -0.2) is 29.6 Å². The summed E-state index contributed by atoms with van der Waals surface area (Å²) in [5, 5.41) is 5.54. The van der Waals surface area contributed by atoms with Gasteiger partial charge in [-0.25, -0.2) is 4.98 Å². The van der Waals surface area contributed by atoms with Crippen LogP contribution in [-0.2, 0) is 17.9 Å². The van der Waals surface area contributed by atoms with Gasteiger partial charge < -0.3 is 15.2 Å². The first-order chi connectivity index (χ1) is 6.26. The molecule has 0 unspecified atom stereocenters. The summed E-state index contributed by atoms with van der Waals surface area (Å²) in [5.74, 6) is -0.0200. The summed E-state index contributed by atoms with van der Waals surface area (Å²) in [4.78, 5) is 15.1. The van der Waals surface area contributed by atoms with Crippen LogP contribution in [0.2, 0.25) is 0 Å². The first-order valence-electron chi connectivity index (χ1n) is 4.12. The van der Waals surface area contributed by atoms with E-state index in [1.807, 2.05) is 13.2 Å². The van der Waals surface area contributed by atoms with Crippen molar-refractivity contribution in [2.24, 2.45) is 0 Å². The molecule has 2 N–H and O–H groups in total. The van der Waals surface area contributed by atoms with Crippen LogP contribution in [0.25, 0.3) is 0 Å². The highest BCUT2D eigenvalue weighted by Crippen LogP contribution is 1.94. The Labute approximate surface area is 77.2 Å². The lowest BCUT2D eigenvalue weighted by molar-refractivity contribution is -0.121. The van der Waals surface area contributed by atoms with Crippen molar-refractivity contribution in [2.75, 3.05) is 14.1 Å². The topological polar surface area (TPSA) is 59.0 Å². The van der Waals surface area contributed by atoms with E-state index in [2.05, 4.69) is 15.6 Å². The van der Waals surface area contributed by atoms with Gasteiger partial charge in [0.15, 0.2) is 0 Å². The van der Waals surface area contributed by atoms with Crippen molar-refractivity contribution >= 4 is 5.91 Å². The predicted molar refractivity (Wildman–Crippen MR) is 49.1 cm³/mol. The minimum atomic E-state index is -0.0200. The van der Waals surface area contributed by atoms with Crippen molar-refractivity contribution in [1.29, 1.82) is 0 Å². The molecule has 13 heavy (non-hydrogen) atoms. The first kappa shape index (κ1) is 9.73. The quantitative estimate of drug-likeness (QED) is 0.650. The van der Waals surface area contributed by atoms with Crippen molar-refractivity contribution in [2.45, 2.75) is 13.1 Å². The lowest BCUT2D eigenvalue weighted by Gasteiger charge is -1.99. The highest BCUT2D eigenvalue weighted by Gasteiger charge is 2.01. The average Bonchev–Trinajstić information content (AvgIpc) is 2.53. The number of nitrogens with one attached hydrogen (secondary N) is 2. The molecule has 0 fully saturated rings. The van der Waals surface area contributed by atoms with Gasteiger partial charge in [-0.05, 0) is 7.05 Å². The monoisotopic (exact) mass is 182 g/mol. The van der Waals surface area contributed by atoms with Crippen LogP contribution in [0.15, 0.2) is 12.5 Å². The molecule has 0 aliphatic heterocycles. The maximum Gasteiger partial charge on any atom is 0.239 e. The summed E-state index contributed by atoms with van der Waals surface area (Å²) in [7, 11) is 3.48. The molecule has 0 saturated heterocycles. The molecule has 0 aliphatic rings. The fourth-order valence-electron chi connectivity index (χ4n) is 1.01. The van der Waals surface area contributed by atoms with Crippen LogP contribution < -0.4 is 10.6 Å². The summed E-state index contributed by atoms with van der Waals surface area (Å²) in [6, 6.07) is 0. The van der Waals surface area contributed by atoms with Crippen LogP contribution in [0, 0.1) is 0 Å². The Hall–Kier alpha value is -1.36. The predicted octanol–water partition coefficient (Wildman–Crippen LogP) is -0.651. The van der Waals surface area contributed by atoms with E-state index in [-0.39, 0.29) is 5.91 Å². The third-order valence-electron chi connectivity index (χ3n) is 1.65. The summed E-state index contributed by atoms with van der Waals surface area (Å²) in [6.45, 7) is 1.05. The van der Waals surface area contributed by atoms with Gasteiger partial charge in [0, 0.05) is 19.8 Å². The minimum Gasteiger partial charge on any atom is -0.358 e. The Balaban J connectivity index is 2.53. The SMILES string of the molecule is CNCc1cn(CC(=O)NC)cn1. The van der Waals surface area contributed by atoms with Crippen LogP contribution in [0.1, 0.15) is 5.69 Å². The number of hydrogen-bond acceptors (Lipinski definition) is 3. The Morgan fingerprint density at radius 3 is 3.00 bits per heavy atom. The third-order valence-corrected chi connectivity index (χ3v) is 1.65. The van der Waals surface area contributed by atoms with Gasteiger partial charge in [-0.2, -0.15) is 0 Å². The van der Waals surface area contributed by atoms with Crippen molar-refractivity contribution < 1.29 is 4.79 Å². The lowest BCUT2D eigenvalue weighted by atomic mass is 10.5. The Kier molecular flexibility index (Phi) is 3.45. The fraction of sp³-hybridized carbons (Fsp3) is 0.500. The zero-order valence-electron chi connectivity index (χ0n) is 7.87. The van der Waals surface area contributed by atoms with E-state index in [1.165, 1.54) is 0 Å². The van der Waals surface area contributed by atoms with Gasteiger partial charge in [0.1, 0.15) is 6.54 Å². The Bertz CT molecular complexity index is 281. The second-order valence-electron chi connectivity index (χ2n) is 2.74. The molecule has 0 radical (unpaired) electrons. The summed E-state index contributed by atoms with van der Waals surface area (Å²) >= 11 is 0. The van der Waals surface area contributed by atoms with E-state index in [1.54, 1.807) is 17.9 Å². The third kappa shape index (κ3) is 2.87. The van der Waals surface area contributed by atoms with Gasteiger partial charge in [0.2, 0.25) is 5.91 Å². The van der Waals surface area contributed by atoms with Crippen LogP contribution >= 0.6 is 0 Å².